The van der Waals surface area contributed by atoms with Crippen LogP contribution in [0.1, 0.15) is 29.3 Å². The van der Waals surface area contributed by atoms with Crippen molar-refractivity contribution in [3.05, 3.63) is 33.8 Å². The molecule has 98 valence electrons. The van der Waals surface area contributed by atoms with E-state index < -0.39 is 0 Å². The summed E-state index contributed by atoms with van der Waals surface area (Å²) in [5.41, 5.74) is 1.88. The van der Waals surface area contributed by atoms with Crippen molar-refractivity contribution in [2.24, 2.45) is 0 Å². The van der Waals surface area contributed by atoms with Gasteiger partial charge in [-0.2, -0.15) is 11.8 Å². The number of hydrogen-bond donors (Lipinski definition) is 0. The van der Waals surface area contributed by atoms with Gasteiger partial charge >= 0.3 is 0 Å². The average Bonchev–Trinajstić information content (AvgIpc) is 2.41. The van der Waals surface area contributed by atoms with Crippen molar-refractivity contribution < 1.29 is 4.79 Å². The Bertz CT molecular complexity index is 449. The number of halogens is 1. The largest absolute Gasteiger partial charge is 0.337 e. The number of rotatable bonds is 2. The summed E-state index contributed by atoms with van der Waals surface area (Å²) in [6.07, 6.45) is 1.13. The van der Waals surface area contributed by atoms with Crippen molar-refractivity contribution in [1.82, 2.24) is 4.90 Å². The minimum absolute atomic E-state index is 0.174. The van der Waals surface area contributed by atoms with Gasteiger partial charge in [0.15, 0.2) is 0 Å². The molecular formula is C14H18BrNOS. The van der Waals surface area contributed by atoms with E-state index in [0.29, 0.717) is 5.25 Å². The lowest BCUT2D eigenvalue weighted by atomic mass is 10.1. The number of hydrogen-bond acceptors (Lipinski definition) is 2. The number of benzene rings is 1. The first-order chi connectivity index (χ1) is 8.61. The summed E-state index contributed by atoms with van der Waals surface area (Å²) >= 11 is 5.42. The van der Waals surface area contributed by atoms with E-state index >= 15 is 0 Å². The van der Waals surface area contributed by atoms with Gasteiger partial charge in [-0.25, -0.2) is 0 Å². The zero-order valence-electron chi connectivity index (χ0n) is 10.8. The molecular weight excluding hydrogens is 310 g/mol. The van der Waals surface area contributed by atoms with E-state index in [-0.39, 0.29) is 5.91 Å². The molecule has 1 fully saturated rings. The summed E-state index contributed by atoms with van der Waals surface area (Å²) in [5.74, 6) is 1.23. The fraction of sp³-hybridized carbons (Fsp3) is 0.500. The van der Waals surface area contributed by atoms with Gasteiger partial charge in [0.25, 0.3) is 5.91 Å². The van der Waals surface area contributed by atoms with Crippen LogP contribution in [-0.2, 0) is 0 Å². The fourth-order valence-electron chi connectivity index (χ4n) is 2.15. The van der Waals surface area contributed by atoms with Crippen LogP contribution in [0.15, 0.2) is 22.7 Å². The third-order valence-corrected chi connectivity index (χ3v) is 5.18. The van der Waals surface area contributed by atoms with E-state index in [1.165, 1.54) is 0 Å². The SMILES string of the molecule is CCC1CN(C(=O)c2cc(Br)ccc2C)CCS1. The van der Waals surface area contributed by atoms with Crippen LogP contribution < -0.4 is 0 Å². The molecule has 1 unspecified atom stereocenters. The summed E-state index contributed by atoms with van der Waals surface area (Å²) in [5, 5.41) is 0.593. The molecule has 1 atom stereocenters. The van der Waals surface area contributed by atoms with Crippen molar-refractivity contribution in [2.75, 3.05) is 18.8 Å². The second-order valence-corrected chi connectivity index (χ2v) is 6.94. The number of amides is 1. The first-order valence-electron chi connectivity index (χ1n) is 6.29. The van der Waals surface area contributed by atoms with Crippen LogP contribution in [0, 0.1) is 6.92 Å². The lowest BCUT2D eigenvalue weighted by Crippen LogP contribution is -2.42. The molecule has 1 saturated heterocycles. The Morgan fingerprint density at radius 3 is 3.06 bits per heavy atom. The maximum Gasteiger partial charge on any atom is 0.254 e. The minimum atomic E-state index is 0.174. The van der Waals surface area contributed by atoms with Crippen LogP contribution >= 0.6 is 27.7 Å². The van der Waals surface area contributed by atoms with E-state index in [1.807, 2.05) is 41.8 Å². The lowest BCUT2D eigenvalue weighted by Gasteiger charge is -2.32. The van der Waals surface area contributed by atoms with Crippen LogP contribution in [0.25, 0.3) is 0 Å². The van der Waals surface area contributed by atoms with Crippen LogP contribution in [0.4, 0.5) is 0 Å². The molecule has 0 aliphatic carbocycles. The summed E-state index contributed by atoms with van der Waals surface area (Å²) in [6, 6.07) is 5.90. The fourth-order valence-corrected chi connectivity index (χ4v) is 3.69. The molecule has 1 heterocycles. The standard InChI is InChI=1S/C14H18BrNOS/c1-3-12-9-16(6-7-18-12)14(17)13-8-11(15)5-4-10(13)2/h4-5,8,12H,3,6-7,9H2,1-2H3. The van der Waals surface area contributed by atoms with E-state index in [4.69, 9.17) is 0 Å². The molecule has 0 spiro atoms. The highest BCUT2D eigenvalue weighted by molar-refractivity contribution is 9.10. The molecule has 2 rings (SSSR count). The first kappa shape index (κ1) is 13.9. The van der Waals surface area contributed by atoms with Gasteiger partial charge in [0.1, 0.15) is 0 Å². The topological polar surface area (TPSA) is 20.3 Å². The molecule has 18 heavy (non-hydrogen) atoms. The number of nitrogens with zero attached hydrogens (tertiary/aromatic N) is 1. The van der Waals surface area contributed by atoms with Crippen LogP contribution in [0.2, 0.25) is 0 Å². The Morgan fingerprint density at radius 1 is 1.56 bits per heavy atom. The molecule has 0 radical (unpaired) electrons. The number of thioether (sulfide) groups is 1. The van der Waals surface area contributed by atoms with Gasteiger partial charge in [0.2, 0.25) is 0 Å². The summed E-state index contributed by atoms with van der Waals surface area (Å²) in [6.45, 7) is 5.93. The van der Waals surface area contributed by atoms with Gasteiger partial charge in [-0.05, 0) is 31.0 Å². The van der Waals surface area contributed by atoms with Gasteiger partial charge in [-0.3, -0.25) is 4.79 Å². The highest BCUT2D eigenvalue weighted by atomic mass is 79.9. The molecule has 1 aliphatic rings. The zero-order chi connectivity index (χ0) is 13.1. The highest BCUT2D eigenvalue weighted by Crippen LogP contribution is 2.24. The summed E-state index contributed by atoms with van der Waals surface area (Å²) < 4.78 is 0.967. The van der Waals surface area contributed by atoms with Gasteiger partial charge < -0.3 is 4.90 Å². The quantitative estimate of drug-likeness (QED) is 0.825. The molecule has 1 aliphatic heterocycles. The molecule has 1 aromatic rings. The molecule has 2 nitrogen and oxygen atoms in total. The highest BCUT2D eigenvalue weighted by Gasteiger charge is 2.24. The second kappa shape index (κ2) is 6.11. The van der Waals surface area contributed by atoms with Crippen molar-refractivity contribution in [3.63, 3.8) is 0 Å². The Kier molecular flexibility index (Phi) is 4.73. The van der Waals surface area contributed by atoms with Crippen molar-refractivity contribution in [3.8, 4) is 0 Å². The van der Waals surface area contributed by atoms with E-state index in [9.17, 15) is 4.79 Å². The Balaban J connectivity index is 2.17. The van der Waals surface area contributed by atoms with Gasteiger partial charge in [-0.15, -0.1) is 0 Å². The summed E-state index contributed by atoms with van der Waals surface area (Å²) in [4.78, 5) is 14.5. The second-order valence-electron chi connectivity index (χ2n) is 4.61. The van der Waals surface area contributed by atoms with Gasteiger partial charge in [-0.1, -0.05) is 28.9 Å². The summed E-state index contributed by atoms with van der Waals surface area (Å²) in [7, 11) is 0. The van der Waals surface area contributed by atoms with Gasteiger partial charge in [0, 0.05) is 34.1 Å². The predicted molar refractivity (Wildman–Crippen MR) is 81.3 cm³/mol. The van der Waals surface area contributed by atoms with Crippen LogP contribution in [0.3, 0.4) is 0 Å². The van der Waals surface area contributed by atoms with Crippen LogP contribution in [0.5, 0.6) is 0 Å². The Morgan fingerprint density at radius 2 is 2.33 bits per heavy atom. The predicted octanol–water partition coefficient (Wildman–Crippen LogP) is 3.73. The molecule has 0 saturated carbocycles. The van der Waals surface area contributed by atoms with E-state index in [0.717, 1.165) is 40.9 Å². The van der Waals surface area contributed by atoms with Crippen molar-refractivity contribution >= 4 is 33.6 Å². The van der Waals surface area contributed by atoms with Gasteiger partial charge in [0.05, 0.1) is 0 Å². The zero-order valence-corrected chi connectivity index (χ0v) is 13.2. The lowest BCUT2D eigenvalue weighted by molar-refractivity contribution is 0.0760. The molecule has 0 aromatic heterocycles. The molecule has 0 N–H and O–H groups in total. The third kappa shape index (κ3) is 3.09. The molecule has 0 bridgehead atoms. The first-order valence-corrected chi connectivity index (χ1v) is 8.13. The molecule has 1 amide bonds. The number of aryl methyl sites for hydroxylation is 1. The molecule has 1 aromatic carbocycles. The Labute approximate surface area is 121 Å². The maximum atomic E-state index is 12.5. The minimum Gasteiger partial charge on any atom is -0.337 e. The third-order valence-electron chi connectivity index (χ3n) is 3.31. The number of carbonyl (C=O) groups excluding carboxylic acids is 1. The van der Waals surface area contributed by atoms with Crippen LogP contribution in [-0.4, -0.2) is 34.9 Å². The molecule has 4 heteroatoms. The maximum absolute atomic E-state index is 12.5. The normalized spacial score (nSPS) is 19.9. The monoisotopic (exact) mass is 327 g/mol. The Hall–Kier alpha value is -0.480. The smallest absolute Gasteiger partial charge is 0.254 e. The number of carbonyl (C=O) groups is 1. The van der Waals surface area contributed by atoms with E-state index in [1.54, 1.807) is 0 Å². The van der Waals surface area contributed by atoms with Crippen molar-refractivity contribution in [2.45, 2.75) is 25.5 Å². The average molecular weight is 328 g/mol. The van der Waals surface area contributed by atoms with Crippen molar-refractivity contribution in [1.29, 1.82) is 0 Å². The van der Waals surface area contributed by atoms with E-state index in [2.05, 4.69) is 22.9 Å².